The summed E-state index contributed by atoms with van der Waals surface area (Å²) >= 11 is 0. The van der Waals surface area contributed by atoms with Gasteiger partial charge in [0.15, 0.2) is 0 Å². The molecule has 0 saturated carbocycles. The molecular weight excluding hydrogens is 391 g/mol. The monoisotopic (exact) mass is 416 g/mol. The average molecular weight is 416 g/mol. The number of amides is 2. The third kappa shape index (κ3) is 5.00. The van der Waals surface area contributed by atoms with Gasteiger partial charge in [0, 0.05) is 25.9 Å². The molecule has 1 heterocycles. The normalized spacial score (nSPS) is 15.3. The summed E-state index contributed by atoms with van der Waals surface area (Å²) in [6, 6.07) is 24.1. The molecule has 0 aliphatic carbocycles. The van der Waals surface area contributed by atoms with Crippen molar-refractivity contribution in [3.05, 3.63) is 107 Å². The van der Waals surface area contributed by atoms with Gasteiger partial charge in [-0.1, -0.05) is 66.7 Å². The van der Waals surface area contributed by atoms with Crippen LogP contribution < -0.4 is 5.32 Å². The minimum atomic E-state index is -0.309. The Hall–Kier alpha value is -3.47. The van der Waals surface area contributed by atoms with Crippen LogP contribution in [0.1, 0.15) is 41.1 Å². The van der Waals surface area contributed by atoms with Gasteiger partial charge in [0.05, 0.1) is 6.04 Å². The number of nitrogens with zero attached hydrogens (tertiary/aromatic N) is 1. The summed E-state index contributed by atoms with van der Waals surface area (Å²) in [5, 5.41) is 2.80. The summed E-state index contributed by atoms with van der Waals surface area (Å²) in [7, 11) is 0. The lowest BCUT2D eigenvalue weighted by atomic mass is 9.88. The Bertz CT molecular complexity index is 1050. The number of benzene rings is 3. The molecular formula is C26H25FN2O2. The Morgan fingerprint density at radius 2 is 1.61 bits per heavy atom. The van der Waals surface area contributed by atoms with Gasteiger partial charge in [0.1, 0.15) is 5.82 Å². The van der Waals surface area contributed by atoms with Crippen molar-refractivity contribution in [3.8, 4) is 0 Å². The lowest BCUT2D eigenvalue weighted by molar-refractivity contribution is -0.135. The molecule has 0 unspecified atom stereocenters. The summed E-state index contributed by atoms with van der Waals surface area (Å²) < 4.78 is 13.0. The minimum absolute atomic E-state index is 0.0275. The van der Waals surface area contributed by atoms with E-state index >= 15 is 0 Å². The molecule has 3 aromatic rings. The maximum atomic E-state index is 13.1. The molecule has 5 heteroatoms. The molecule has 2 amide bonds. The van der Waals surface area contributed by atoms with Gasteiger partial charge < -0.3 is 10.2 Å². The van der Waals surface area contributed by atoms with Gasteiger partial charge in [-0.05, 0) is 40.8 Å². The largest absolute Gasteiger partial charge is 0.352 e. The first-order chi connectivity index (χ1) is 15.1. The molecule has 31 heavy (non-hydrogen) atoms. The summed E-state index contributed by atoms with van der Waals surface area (Å²) in [5.41, 5.74) is 4.30. The number of nitrogens with one attached hydrogen (secondary N) is 1. The van der Waals surface area contributed by atoms with E-state index in [4.69, 9.17) is 0 Å². The second-order valence-electron chi connectivity index (χ2n) is 7.75. The number of hydrogen-bond acceptors (Lipinski definition) is 2. The number of fused-ring (bicyclic) bond motifs is 1. The molecule has 4 nitrogen and oxygen atoms in total. The lowest BCUT2D eigenvalue weighted by Crippen LogP contribution is -2.41. The first kappa shape index (κ1) is 20.8. The van der Waals surface area contributed by atoms with Crippen molar-refractivity contribution in [2.45, 2.75) is 31.8 Å². The molecule has 1 N–H and O–H groups in total. The van der Waals surface area contributed by atoms with Crippen LogP contribution in [0.2, 0.25) is 0 Å². The molecule has 0 saturated heterocycles. The van der Waals surface area contributed by atoms with Crippen LogP contribution in [-0.4, -0.2) is 23.3 Å². The summed E-state index contributed by atoms with van der Waals surface area (Å²) in [4.78, 5) is 27.3. The zero-order valence-corrected chi connectivity index (χ0v) is 17.3. The second kappa shape index (κ2) is 9.56. The second-order valence-corrected chi connectivity index (χ2v) is 7.75. The van der Waals surface area contributed by atoms with Gasteiger partial charge in [-0.2, -0.15) is 0 Å². The van der Waals surface area contributed by atoms with E-state index in [-0.39, 0.29) is 36.5 Å². The fraction of sp³-hybridized carbons (Fsp3) is 0.231. The van der Waals surface area contributed by atoms with E-state index in [1.54, 1.807) is 12.1 Å². The van der Waals surface area contributed by atoms with E-state index in [0.29, 0.717) is 13.1 Å². The SMILES string of the molecule is O=C(CCC(=O)N1CCc2ccccc2[C@@H]1c1ccccc1)NCc1ccc(F)cc1. The van der Waals surface area contributed by atoms with Crippen molar-refractivity contribution in [3.63, 3.8) is 0 Å². The molecule has 1 aliphatic rings. The number of carbonyl (C=O) groups is 2. The maximum Gasteiger partial charge on any atom is 0.223 e. The number of carbonyl (C=O) groups excluding carboxylic acids is 2. The predicted octanol–water partition coefficient (Wildman–Crippen LogP) is 4.40. The highest BCUT2D eigenvalue weighted by molar-refractivity contribution is 5.84. The first-order valence-electron chi connectivity index (χ1n) is 10.5. The van der Waals surface area contributed by atoms with Crippen LogP contribution >= 0.6 is 0 Å². The molecule has 0 spiro atoms. The van der Waals surface area contributed by atoms with Crippen LogP contribution in [0.5, 0.6) is 0 Å². The molecule has 1 aliphatic heterocycles. The third-order valence-corrected chi connectivity index (χ3v) is 5.69. The topological polar surface area (TPSA) is 49.4 Å². The summed E-state index contributed by atoms with van der Waals surface area (Å²) in [6.45, 7) is 0.948. The van der Waals surface area contributed by atoms with Gasteiger partial charge in [0.2, 0.25) is 11.8 Å². The third-order valence-electron chi connectivity index (χ3n) is 5.69. The lowest BCUT2D eigenvalue weighted by Gasteiger charge is -2.38. The van der Waals surface area contributed by atoms with Crippen LogP contribution in [0.3, 0.4) is 0 Å². The van der Waals surface area contributed by atoms with Crippen molar-refractivity contribution < 1.29 is 14.0 Å². The molecule has 0 radical (unpaired) electrons. The number of rotatable bonds is 6. The molecule has 1 atom stereocenters. The Kier molecular flexibility index (Phi) is 6.41. The van der Waals surface area contributed by atoms with E-state index in [1.807, 2.05) is 47.4 Å². The van der Waals surface area contributed by atoms with E-state index in [1.165, 1.54) is 17.7 Å². The highest BCUT2D eigenvalue weighted by atomic mass is 19.1. The van der Waals surface area contributed by atoms with E-state index in [0.717, 1.165) is 23.1 Å². The van der Waals surface area contributed by atoms with Crippen LogP contribution in [0.25, 0.3) is 0 Å². The summed E-state index contributed by atoms with van der Waals surface area (Å²) in [6.07, 6.45) is 1.09. The van der Waals surface area contributed by atoms with Gasteiger partial charge in [-0.3, -0.25) is 9.59 Å². The molecule has 0 aromatic heterocycles. The van der Waals surface area contributed by atoms with E-state index in [2.05, 4.69) is 17.4 Å². The van der Waals surface area contributed by atoms with Crippen LogP contribution in [0.15, 0.2) is 78.9 Å². The zero-order chi connectivity index (χ0) is 21.6. The Morgan fingerprint density at radius 1 is 0.903 bits per heavy atom. The highest BCUT2D eigenvalue weighted by Gasteiger charge is 2.31. The van der Waals surface area contributed by atoms with E-state index < -0.39 is 0 Å². The summed E-state index contributed by atoms with van der Waals surface area (Å²) in [5.74, 6) is -0.525. The smallest absolute Gasteiger partial charge is 0.223 e. The zero-order valence-electron chi connectivity index (χ0n) is 17.3. The van der Waals surface area contributed by atoms with Crippen LogP contribution in [0, 0.1) is 5.82 Å². The fourth-order valence-corrected chi connectivity index (χ4v) is 4.09. The average Bonchev–Trinajstić information content (AvgIpc) is 2.82. The maximum absolute atomic E-state index is 13.1. The van der Waals surface area contributed by atoms with Gasteiger partial charge in [-0.25, -0.2) is 4.39 Å². The van der Waals surface area contributed by atoms with Crippen LogP contribution in [-0.2, 0) is 22.6 Å². The molecule has 3 aromatic carbocycles. The van der Waals surface area contributed by atoms with Gasteiger partial charge in [0.25, 0.3) is 0 Å². The molecule has 4 rings (SSSR count). The number of hydrogen-bond donors (Lipinski definition) is 1. The Balaban J connectivity index is 1.41. The van der Waals surface area contributed by atoms with Crippen molar-refractivity contribution in [2.75, 3.05) is 6.54 Å². The van der Waals surface area contributed by atoms with E-state index in [9.17, 15) is 14.0 Å². The van der Waals surface area contributed by atoms with Gasteiger partial charge in [-0.15, -0.1) is 0 Å². The standard InChI is InChI=1S/C26H25FN2O2/c27-22-12-10-19(11-13-22)18-28-24(30)14-15-25(31)29-17-16-20-6-4-5-9-23(20)26(29)21-7-2-1-3-8-21/h1-13,26H,14-18H2,(H,28,30)/t26-/m0/s1. The molecule has 158 valence electrons. The highest BCUT2D eigenvalue weighted by Crippen LogP contribution is 2.35. The van der Waals surface area contributed by atoms with Crippen molar-refractivity contribution in [1.82, 2.24) is 10.2 Å². The minimum Gasteiger partial charge on any atom is -0.352 e. The Morgan fingerprint density at radius 3 is 2.39 bits per heavy atom. The molecule has 0 bridgehead atoms. The van der Waals surface area contributed by atoms with Gasteiger partial charge >= 0.3 is 0 Å². The van der Waals surface area contributed by atoms with Crippen LogP contribution in [0.4, 0.5) is 4.39 Å². The predicted molar refractivity (Wildman–Crippen MR) is 118 cm³/mol. The fourth-order valence-electron chi connectivity index (χ4n) is 4.09. The quantitative estimate of drug-likeness (QED) is 0.648. The first-order valence-corrected chi connectivity index (χ1v) is 10.5. The van der Waals surface area contributed by atoms with Crippen molar-refractivity contribution in [2.24, 2.45) is 0 Å². The van der Waals surface area contributed by atoms with Crippen molar-refractivity contribution >= 4 is 11.8 Å². The number of halogens is 1. The molecule has 0 fully saturated rings. The Labute approximate surface area is 181 Å². The van der Waals surface area contributed by atoms with Crippen molar-refractivity contribution in [1.29, 1.82) is 0 Å².